The van der Waals surface area contributed by atoms with Crippen LogP contribution in [0.5, 0.6) is 0 Å². The van der Waals surface area contributed by atoms with Gasteiger partial charge in [-0.25, -0.2) is 4.52 Å². The van der Waals surface area contributed by atoms with Gasteiger partial charge in [0.2, 0.25) is 0 Å². The summed E-state index contributed by atoms with van der Waals surface area (Å²) in [5, 5.41) is 13.8. The fourth-order valence-corrected chi connectivity index (χ4v) is 3.89. The Morgan fingerprint density at radius 3 is 2.59 bits per heavy atom. The fraction of sp³-hybridized carbons (Fsp3) is 0.0476. The number of halogens is 2. The molecule has 8 heteroatoms. The van der Waals surface area contributed by atoms with Gasteiger partial charge in [0.15, 0.2) is 11.2 Å². The molecule has 0 aliphatic carbocycles. The zero-order valence-corrected chi connectivity index (χ0v) is 17.5. The predicted molar refractivity (Wildman–Crippen MR) is 117 cm³/mol. The van der Waals surface area contributed by atoms with Crippen molar-refractivity contribution >= 4 is 44.2 Å². The molecule has 5 rings (SSSR count). The first kappa shape index (κ1) is 18.0. The molecule has 3 heterocycles. The highest BCUT2D eigenvalue weighted by Crippen LogP contribution is 2.29. The lowest BCUT2D eigenvalue weighted by Gasteiger charge is -2.07. The van der Waals surface area contributed by atoms with Crippen molar-refractivity contribution in [3.05, 3.63) is 86.3 Å². The molecule has 0 atom stereocenters. The molecule has 6 nitrogen and oxygen atoms in total. The molecule has 0 spiro atoms. The van der Waals surface area contributed by atoms with Crippen LogP contribution in [0.25, 0.3) is 33.5 Å². The molecule has 0 bridgehead atoms. The van der Waals surface area contributed by atoms with Gasteiger partial charge < -0.3 is 0 Å². The van der Waals surface area contributed by atoms with Crippen molar-refractivity contribution in [1.82, 2.24) is 24.4 Å². The lowest BCUT2D eigenvalue weighted by molar-refractivity contribution is 0.905. The Bertz CT molecular complexity index is 1460. The van der Waals surface area contributed by atoms with Crippen molar-refractivity contribution < 1.29 is 0 Å². The van der Waals surface area contributed by atoms with Crippen molar-refractivity contribution in [3.8, 4) is 16.8 Å². The number of rotatable bonds is 2. The SMILES string of the molecule is Cc1nn2c(nnc3c(=O)n(-c4ccc(Br)cc4)ccc32)c1-c1cccc(Cl)c1. The average molecular weight is 467 g/mol. The van der Waals surface area contributed by atoms with Crippen LogP contribution in [-0.4, -0.2) is 24.4 Å². The van der Waals surface area contributed by atoms with Crippen LogP contribution in [0, 0.1) is 6.92 Å². The molecule has 0 unspecified atom stereocenters. The van der Waals surface area contributed by atoms with Crippen LogP contribution < -0.4 is 5.56 Å². The Hall–Kier alpha value is -3.03. The molecule has 0 saturated heterocycles. The predicted octanol–water partition coefficient (Wildman–Crippen LogP) is 4.82. The lowest BCUT2D eigenvalue weighted by Crippen LogP contribution is -2.20. The summed E-state index contributed by atoms with van der Waals surface area (Å²) in [5.74, 6) is 0. The highest BCUT2D eigenvalue weighted by molar-refractivity contribution is 9.10. The van der Waals surface area contributed by atoms with Crippen molar-refractivity contribution in [2.24, 2.45) is 0 Å². The minimum absolute atomic E-state index is 0.253. The molecular formula is C21H13BrClN5O. The highest BCUT2D eigenvalue weighted by atomic mass is 79.9. The molecule has 0 N–H and O–H groups in total. The van der Waals surface area contributed by atoms with E-state index in [9.17, 15) is 4.79 Å². The first-order valence-corrected chi connectivity index (χ1v) is 9.99. The highest BCUT2D eigenvalue weighted by Gasteiger charge is 2.17. The summed E-state index contributed by atoms with van der Waals surface area (Å²) in [6.45, 7) is 1.90. The summed E-state index contributed by atoms with van der Waals surface area (Å²) in [6, 6.07) is 16.8. The molecule has 29 heavy (non-hydrogen) atoms. The number of hydrogen-bond acceptors (Lipinski definition) is 4. The Morgan fingerprint density at radius 1 is 1.03 bits per heavy atom. The van der Waals surface area contributed by atoms with E-state index in [-0.39, 0.29) is 11.1 Å². The number of aryl methyl sites for hydroxylation is 1. The molecule has 3 aromatic heterocycles. The van der Waals surface area contributed by atoms with Gasteiger partial charge in [-0.05, 0) is 55.0 Å². The summed E-state index contributed by atoms with van der Waals surface area (Å²) >= 11 is 9.56. The molecule has 0 amide bonds. The zero-order chi connectivity index (χ0) is 20.1. The van der Waals surface area contributed by atoms with E-state index in [1.54, 1.807) is 15.3 Å². The van der Waals surface area contributed by atoms with Crippen molar-refractivity contribution in [2.75, 3.05) is 0 Å². The second-order valence-corrected chi connectivity index (χ2v) is 7.96. The third-order valence-corrected chi connectivity index (χ3v) is 5.54. The second kappa shape index (κ2) is 6.79. The van der Waals surface area contributed by atoms with Gasteiger partial charge in [-0.1, -0.05) is 39.7 Å². The zero-order valence-electron chi connectivity index (χ0n) is 15.2. The fourth-order valence-electron chi connectivity index (χ4n) is 3.44. The van der Waals surface area contributed by atoms with E-state index < -0.39 is 0 Å². The van der Waals surface area contributed by atoms with Gasteiger partial charge in [0.05, 0.1) is 11.3 Å². The van der Waals surface area contributed by atoms with Crippen LogP contribution in [0.4, 0.5) is 0 Å². The van der Waals surface area contributed by atoms with E-state index in [1.165, 1.54) is 0 Å². The van der Waals surface area contributed by atoms with Gasteiger partial charge in [-0.15, -0.1) is 10.2 Å². The summed E-state index contributed by atoms with van der Waals surface area (Å²) in [6.07, 6.45) is 1.73. The molecule has 142 valence electrons. The quantitative estimate of drug-likeness (QED) is 0.374. The maximum Gasteiger partial charge on any atom is 0.285 e. The Morgan fingerprint density at radius 2 is 1.83 bits per heavy atom. The van der Waals surface area contributed by atoms with Gasteiger partial charge >= 0.3 is 0 Å². The number of aromatic nitrogens is 5. The van der Waals surface area contributed by atoms with Gasteiger partial charge in [-0.3, -0.25) is 9.36 Å². The smallest absolute Gasteiger partial charge is 0.282 e. The van der Waals surface area contributed by atoms with E-state index in [1.807, 2.05) is 61.5 Å². The Kier molecular flexibility index (Phi) is 4.22. The van der Waals surface area contributed by atoms with Gasteiger partial charge in [0, 0.05) is 21.4 Å². The van der Waals surface area contributed by atoms with Crippen LogP contribution in [0.2, 0.25) is 5.02 Å². The molecule has 0 aliphatic rings. The first-order valence-electron chi connectivity index (χ1n) is 8.82. The molecule has 5 aromatic rings. The van der Waals surface area contributed by atoms with E-state index in [4.69, 9.17) is 11.6 Å². The van der Waals surface area contributed by atoms with Crippen LogP contribution >= 0.6 is 27.5 Å². The van der Waals surface area contributed by atoms with E-state index in [0.717, 1.165) is 27.0 Å². The van der Waals surface area contributed by atoms with Crippen LogP contribution in [0.3, 0.4) is 0 Å². The van der Waals surface area contributed by atoms with Gasteiger partial charge in [0.25, 0.3) is 5.56 Å². The molecule has 0 fully saturated rings. The topological polar surface area (TPSA) is 65.1 Å². The normalized spacial score (nSPS) is 11.4. The van der Waals surface area contributed by atoms with E-state index >= 15 is 0 Å². The molecule has 0 saturated carbocycles. The maximum atomic E-state index is 13.1. The molecule has 0 radical (unpaired) electrons. The summed E-state index contributed by atoms with van der Waals surface area (Å²) in [4.78, 5) is 13.1. The van der Waals surface area contributed by atoms with Crippen LogP contribution in [0.1, 0.15) is 5.69 Å². The average Bonchev–Trinajstić information content (AvgIpc) is 3.05. The third-order valence-electron chi connectivity index (χ3n) is 4.77. The van der Waals surface area contributed by atoms with Gasteiger partial charge in [-0.2, -0.15) is 5.10 Å². The minimum atomic E-state index is -0.253. The largest absolute Gasteiger partial charge is 0.285 e. The van der Waals surface area contributed by atoms with Crippen LogP contribution in [0.15, 0.2) is 70.1 Å². The summed E-state index contributed by atoms with van der Waals surface area (Å²) in [7, 11) is 0. The molecule has 0 aliphatic heterocycles. The maximum absolute atomic E-state index is 13.1. The summed E-state index contributed by atoms with van der Waals surface area (Å²) < 4.78 is 4.15. The standard InChI is InChI=1S/C21H13BrClN5O/c1-12-18(13-3-2-4-15(23)11-13)20-25-24-19-17(28(20)26-12)9-10-27(21(19)29)16-7-5-14(22)6-8-16/h2-11H,1H3. The minimum Gasteiger partial charge on any atom is -0.282 e. The number of fused-ring (bicyclic) bond motifs is 3. The Balaban J connectivity index is 1.76. The van der Waals surface area contributed by atoms with Crippen molar-refractivity contribution in [3.63, 3.8) is 0 Å². The lowest BCUT2D eigenvalue weighted by atomic mass is 10.1. The monoisotopic (exact) mass is 465 g/mol. The molecule has 2 aromatic carbocycles. The van der Waals surface area contributed by atoms with Gasteiger partial charge in [0.1, 0.15) is 5.52 Å². The number of pyridine rings is 1. The number of benzene rings is 2. The Labute approximate surface area is 178 Å². The van der Waals surface area contributed by atoms with Crippen molar-refractivity contribution in [2.45, 2.75) is 6.92 Å². The van der Waals surface area contributed by atoms with E-state index in [2.05, 4.69) is 31.2 Å². The number of hydrogen-bond donors (Lipinski definition) is 0. The number of nitrogens with zero attached hydrogens (tertiary/aromatic N) is 5. The van der Waals surface area contributed by atoms with Crippen molar-refractivity contribution in [1.29, 1.82) is 0 Å². The second-order valence-electron chi connectivity index (χ2n) is 6.61. The first-order chi connectivity index (χ1) is 14.0. The molecular weight excluding hydrogens is 454 g/mol. The third kappa shape index (κ3) is 2.94. The summed E-state index contributed by atoms with van der Waals surface area (Å²) in [5.41, 5.74) is 4.47. The van der Waals surface area contributed by atoms with Crippen LogP contribution in [-0.2, 0) is 0 Å². The van der Waals surface area contributed by atoms with E-state index in [0.29, 0.717) is 16.2 Å².